The third kappa shape index (κ3) is 28.1. The fourth-order valence-electron chi connectivity index (χ4n) is 15.1. The number of rotatable bonds is 48. The predicted molar refractivity (Wildman–Crippen MR) is 452 cm³/mol. The van der Waals surface area contributed by atoms with Crippen molar-refractivity contribution in [2.75, 3.05) is 153 Å². The predicted octanol–water partition coefficient (Wildman–Crippen LogP) is 3.36. The maximum absolute atomic E-state index is 14.0. The molecule has 14 amide bonds. The monoisotopic (exact) mass is 1720 g/mol. The summed E-state index contributed by atoms with van der Waals surface area (Å²) >= 11 is 0. The van der Waals surface area contributed by atoms with Crippen molar-refractivity contribution in [3.05, 3.63) is 107 Å². The van der Waals surface area contributed by atoms with Gasteiger partial charge in [-0.1, -0.05) is 63.7 Å². The third-order valence-corrected chi connectivity index (χ3v) is 21.9. The van der Waals surface area contributed by atoms with Crippen molar-refractivity contribution < 1.29 is 100 Å². The molecule has 10 rings (SSSR count). The Morgan fingerprint density at radius 3 is 2.06 bits per heavy atom. The number of carbonyl (C=O) groups is 13. The fraction of sp³-hybridized carbons (Fsp3) is 0.547. The number of primary amides is 1. The molecule has 38 nitrogen and oxygen atoms in total. The van der Waals surface area contributed by atoms with Crippen molar-refractivity contribution in [1.82, 2.24) is 61.9 Å². The molecule has 5 atom stereocenters. The number of alkyl carbamates (subject to hydrolysis) is 1. The molecular weight excluding hydrogens is 1610 g/mol. The molecule has 2 unspecified atom stereocenters. The average molecular weight is 1720 g/mol. The molecular formula is C86H115N17O21. The van der Waals surface area contributed by atoms with E-state index in [-0.39, 0.29) is 159 Å². The van der Waals surface area contributed by atoms with Gasteiger partial charge in [-0.2, -0.15) is 4.98 Å². The van der Waals surface area contributed by atoms with E-state index in [1.54, 1.807) is 92.7 Å². The number of benzene rings is 3. The number of nitrogens with zero attached hydrogens (tertiary/aromatic N) is 7. The quantitative estimate of drug-likeness (QED) is 0.0172. The van der Waals surface area contributed by atoms with Crippen LogP contribution in [0.5, 0.6) is 5.75 Å². The first kappa shape index (κ1) is 94.5. The van der Waals surface area contributed by atoms with Crippen LogP contribution in [0.3, 0.4) is 0 Å². The lowest BCUT2D eigenvalue weighted by molar-refractivity contribution is -0.138. The van der Waals surface area contributed by atoms with E-state index in [1.165, 1.54) is 24.2 Å². The molecule has 11 N–H and O–H groups in total. The summed E-state index contributed by atoms with van der Waals surface area (Å²) in [6.07, 6.45) is 10.2. The topological polar surface area (TPSA) is 472 Å². The van der Waals surface area contributed by atoms with E-state index in [1.807, 2.05) is 6.92 Å². The molecule has 670 valence electrons. The van der Waals surface area contributed by atoms with E-state index in [0.29, 0.717) is 141 Å². The van der Waals surface area contributed by atoms with Crippen LogP contribution in [-0.2, 0) is 89.5 Å². The fourth-order valence-corrected chi connectivity index (χ4v) is 15.1. The number of anilines is 5. The average Bonchev–Trinajstić information content (AvgIpc) is 1.22. The summed E-state index contributed by atoms with van der Waals surface area (Å²) in [5.74, 6) is 3.00. The molecule has 6 heterocycles. The largest absolute Gasteiger partial charge is 0.495 e. The van der Waals surface area contributed by atoms with Crippen molar-refractivity contribution in [3.63, 3.8) is 0 Å². The molecule has 1 aliphatic carbocycles. The number of nitrogens with one attached hydrogen (secondary N) is 9. The van der Waals surface area contributed by atoms with Gasteiger partial charge in [-0.05, 0) is 111 Å². The van der Waals surface area contributed by atoms with Crippen LogP contribution in [0.2, 0.25) is 0 Å². The molecule has 3 fully saturated rings. The highest BCUT2D eigenvalue weighted by Crippen LogP contribution is 2.41. The number of ether oxygens (including phenoxy) is 8. The van der Waals surface area contributed by atoms with Gasteiger partial charge < -0.3 is 106 Å². The number of fused-ring (bicyclic) bond motifs is 2. The van der Waals surface area contributed by atoms with Crippen LogP contribution in [0.4, 0.5) is 38.4 Å². The smallest absolute Gasteiger partial charge is 0.408 e. The normalized spacial score (nSPS) is 17.3. The van der Waals surface area contributed by atoms with Crippen LogP contribution in [0.25, 0.3) is 0 Å². The summed E-state index contributed by atoms with van der Waals surface area (Å²) in [6.45, 7) is 10.9. The first-order valence-electron chi connectivity index (χ1n) is 42.4. The van der Waals surface area contributed by atoms with E-state index < -0.39 is 83.6 Å². The van der Waals surface area contributed by atoms with Crippen LogP contribution < -0.4 is 68.1 Å². The van der Waals surface area contributed by atoms with Gasteiger partial charge in [-0.25, -0.2) is 14.6 Å². The molecule has 0 radical (unpaired) electrons. The van der Waals surface area contributed by atoms with Gasteiger partial charge in [-0.3, -0.25) is 63.0 Å². The standard InChI is InChI=1S/C86H115N17O21/c1-6-67-83(114)99(4)69-52-90-85(98-77(69)103(67)62-12-7-8-13-62)95-65-23-19-58(51-70(65)117-5)78(109)91-61-28-35-100(36-29-61)38-42-118-39-31-60(22-18-57-11-9-14-63-64(57)53-102(82(63)113)68-24-25-72(105)97-80(68)111)93-86(116)124-54-56-16-20-59(21-17-56)92-79(110)66(15-10-33-89-84(87)115)94-81(112)76(55(2)3)96-73(106)32-40-119-43-45-121-47-49-123-50-48-122-46-44-120-41-34-88-71(104)30-37-101-74(107)26-27-75(101)108/h9,11,14,16-17,19-21,23,26-27,51-52,55,60-62,66-68,76H,6-8,10,12-13,15,24-25,28-50,53-54H2,1-5H3,(H,88,104)(H,91,109)(H,92,110)(H,93,116)(H,94,112)(H,96,106)(H3,87,89,115)(H,90,95,98)(H,97,105,111)/t60?,66-,67+,68?,76-/m0/s1. The van der Waals surface area contributed by atoms with Crippen molar-refractivity contribution in [2.45, 2.75) is 166 Å². The second kappa shape index (κ2) is 48.4. The zero-order chi connectivity index (χ0) is 88.4. The number of imide groups is 2. The van der Waals surface area contributed by atoms with E-state index in [9.17, 15) is 62.3 Å². The molecule has 3 aromatic carbocycles. The minimum Gasteiger partial charge on any atom is -0.495 e. The summed E-state index contributed by atoms with van der Waals surface area (Å²) in [5, 5.41) is 25.1. The summed E-state index contributed by atoms with van der Waals surface area (Å²) in [5.41, 5.74) is 9.30. The SMILES string of the molecule is CC[C@@H]1C(=O)N(C)c2cnc(Nc3ccc(C(=O)NC4CCN(CCOCCC(C#Cc5cccc6c5CN(C5CCC(=O)NC5=O)C6=O)NC(=O)OCc5ccc(NC(=O)[C@H](CCCNC(N)=O)NC(=O)[C@@H](NC(=O)CCOCCOCCOCCOCCOCCNC(=O)CCN6C(=O)C=CC6=O)C(C)C)cc5)CC4)cc3OC)nc2N1C1CCCC1. The van der Waals surface area contributed by atoms with E-state index in [0.717, 1.165) is 30.6 Å². The molecule has 0 spiro atoms. The second-order valence-electron chi connectivity index (χ2n) is 30.9. The molecule has 124 heavy (non-hydrogen) atoms. The van der Waals surface area contributed by atoms with E-state index in [2.05, 4.69) is 74.5 Å². The van der Waals surface area contributed by atoms with Gasteiger partial charge in [0.05, 0.1) is 97.7 Å². The number of hydrogen-bond donors (Lipinski definition) is 10. The van der Waals surface area contributed by atoms with Gasteiger partial charge >= 0.3 is 12.1 Å². The van der Waals surface area contributed by atoms with Crippen LogP contribution in [0, 0.1) is 17.8 Å². The first-order valence-corrected chi connectivity index (χ1v) is 42.4. The lowest BCUT2D eigenvalue weighted by Gasteiger charge is -2.43. The van der Waals surface area contributed by atoms with Crippen LogP contribution in [-0.4, -0.2) is 277 Å². The lowest BCUT2D eigenvalue weighted by atomic mass is 10.0. The van der Waals surface area contributed by atoms with E-state index >= 15 is 0 Å². The first-order chi connectivity index (χ1) is 59.9. The van der Waals surface area contributed by atoms with E-state index in [4.69, 9.17) is 48.6 Å². The van der Waals surface area contributed by atoms with Gasteiger partial charge in [0, 0.05) is 132 Å². The van der Waals surface area contributed by atoms with Crippen LogP contribution >= 0.6 is 0 Å². The van der Waals surface area contributed by atoms with Crippen molar-refractivity contribution in [2.24, 2.45) is 11.7 Å². The Morgan fingerprint density at radius 1 is 0.710 bits per heavy atom. The van der Waals surface area contributed by atoms with Gasteiger partial charge in [0.15, 0.2) is 5.82 Å². The zero-order valence-corrected chi connectivity index (χ0v) is 70.9. The maximum Gasteiger partial charge on any atom is 0.408 e. The van der Waals surface area contributed by atoms with Crippen molar-refractivity contribution in [3.8, 4) is 17.6 Å². The zero-order valence-electron chi connectivity index (χ0n) is 70.9. The third-order valence-electron chi connectivity index (χ3n) is 21.9. The summed E-state index contributed by atoms with van der Waals surface area (Å²) in [4.78, 5) is 185. The number of piperidine rings is 2. The molecule has 0 bridgehead atoms. The number of methoxy groups -OCH3 is 1. The maximum atomic E-state index is 14.0. The molecule has 38 heteroatoms. The number of aromatic nitrogens is 2. The molecule has 6 aliphatic rings. The van der Waals surface area contributed by atoms with Crippen molar-refractivity contribution >= 4 is 106 Å². The number of likely N-dealkylation sites (tertiary alicyclic amines) is 1. The Labute approximate surface area is 720 Å². The Kier molecular flexibility index (Phi) is 36.9. The second-order valence-corrected chi connectivity index (χ2v) is 30.9. The Hall–Kier alpha value is -11.7. The Bertz CT molecular complexity index is 4470. The highest BCUT2D eigenvalue weighted by atomic mass is 16.6. The summed E-state index contributed by atoms with van der Waals surface area (Å²) in [7, 11) is 3.29. The summed E-state index contributed by atoms with van der Waals surface area (Å²) < 4.78 is 45.2. The lowest BCUT2D eigenvalue weighted by Crippen LogP contribution is -2.55. The highest BCUT2D eigenvalue weighted by Gasteiger charge is 2.43. The molecule has 1 aromatic heterocycles. The molecule has 2 saturated heterocycles. The molecule has 1 saturated carbocycles. The van der Waals surface area contributed by atoms with Crippen LogP contribution in [0.1, 0.15) is 148 Å². The van der Waals surface area contributed by atoms with Gasteiger partial charge in [0.1, 0.15) is 42.2 Å². The number of carbonyl (C=O) groups excluding carboxylic acids is 13. The number of urea groups is 1. The Balaban J connectivity index is 0.642. The molecule has 5 aliphatic heterocycles. The minimum absolute atomic E-state index is 0.00253. The molecule has 4 aromatic rings. The minimum atomic E-state index is -1.13. The van der Waals surface area contributed by atoms with Gasteiger partial charge in [0.25, 0.3) is 23.6 Å². The number of hydrogen-bond acceptors (Lipinski definition) is 26. The number of nitrogens with two attached hydrogens (primary N) is 1. The number of likely N-dealkylation sites (N-methyl/N-ethyl adjacent to an activating group) is 1. The number of amides is 14. The van der Waals surface area contributed by atoms with Gasteiger partial charge in [-0.15, -0.1) is 0 Å². The highest BCUT2D eigenvalue weighted by molar-refractivity contribution is 6.13. The van der Waals surface area contributed by atoms with Crippen LogP contribution in [0.15, 0.2) is 79.0 Å². The van der Waals surface area contributed by atoms with Gasteiger partial charge in [0.2, 0.25) is 47.3 Å². The summed E-state index contributed by atoms with van der Waals surface area (Å²) in [6, 6.07) is 11.9. The van der Waals surface area contributed by atoms with Crippen molar-refractivity contribution in [1.29, 1.82) is 0 Å². The Morgan fingerprint density at radius 2 is 1.40 bits per heavy atom.